The van der Waals surface area contributed by atoms with Gasteiger partial charge in [0.1, 0.15) is 34.6 Å². The average Bonchev–Trinajstić information content (AvgIpc) is 3.59. The molecule has 0 saturated heterocycles. The van der Waals surface area contributed by atoms with Crippen LogP contribution in [0.15, 0.2) is 155 Å². The maximum absolute atomic E-state index is 14.0. The zero-order valence-corrected chi connectivity index (χ0v) is 49.1. The normalized spacial score (nSPS) is 12.7. The van der Waals surface area contributed by atoms with Gasteiger partial charge < -0.3 is 19.7 Å². The molecule has 8 aromatic carbocycles. The summed E-state index contributed by atoms with van der Waals surface area (Å²) in [6, 6.07) is 46.3. The molecule has 0 amide bonds. The highest BCUT2D eigenvalue weighted by molar-refractivity contribution is 6.31. The van der Waals surface area contributed by atoms with Crippen molar-refractivity contribution >= 4 is 45.0 Å². The number of hydrogen-bond donors (Lipinski definition) is 2. The Kier molecular flexibility index (Phi) is 15.1. The first-order chi connectivity index (χ1) is 39.3. The minimum Gasteiger partial charge on any atom is -0.507 e. The molecule has 416 valence electrons. The summed E-state index contributed by atoms with van der Waals surface area (Å²) in [5.41, 5.74) is 10.7. The molecule has 0 spiro atoms. The Labute approximate surface area is 488 Å². The molecule has 0 atom stereocenters. The van der Waals surface area contributed by atoms with E-state index in [1.54, 1.807) is 36.4 Å². The fourth-order valence-electron chi connectivity index (χ4n) is 11.2. The van der Waals surface area contributed by atoms with Crippen LogP contribution in [-0.2, 0) is 36.5 Å². The zero-order chi connectivity index (χ0) is 57.8. The Morgan fingerprint density at radius 1 is 0.463 bits per heavy atom. The Hall–Kier alpha value is -8.18. The Morgan fingerprint density at radius 2 is 0.780 bits per heavy atom. The molecular weight excluding hydrogens is 1060 g/mol. The topological polar surface area (TPSA) is 129 Å². The zero-order valence-electron chi connectivity index (χ0n) is 47.6. The van der Waals surface area contributed by atoms with Crippen LogP contribution in [0.4, 0.5) is 0 Å². The standard InChI is InChI=1S/C70H66Cl2N4O6/c1-9-27-81-63-47-29-43-37-55(75-59-17-13-11-15-57(59)67(79)73-65(75)41-19-23-53(71)24-20-41)39-45(61(43)77)31-49-35-52(70(6,7)8)36-50(64(49)82-28-10-2)32-46-40-56(38-44(62(46)78)30-48(63)34-51(33-47)69(3,4)5)76-60-18-14-12-16-58(60)68(80)74-66(76)42-21-25-54(72)26-22-42/h11-26,33-40,77-78H,9-10,27-32H2,1-8H3. The lowest BCUT2D eigenvalue weighted by Gasteiger charge is -2.27. The second-order valence-electron chi connectivity index (χ2n) is 23.6. The number of benzene rings is 8. The van der Waals surface area contributed by atoms with Gasteiger partial charge in [0.2, 0.25) is 0 Å². The smallest absolute Gasteiger partial charge is 0.281 e. The molecule has 0 saturated carbocycles. The molecule has 82 heavy (non-hydrogen) atoms. The minimum absolute atomic E-state index is 0.126. The maximum atomic E-state index is 14.0. The van der Waals surface area contributed by atoms with Crippen LogP contribution < -0.4 is 20.6 Å². The fraction of sp³-hybridized carbons (Fsp3) is 0.257. The molecule has 2 aromatic heterocycles. The molecule has 2 N–H and O–H groups in total. The molecule has 10 nitrogen and oxygen atoms in total. The van der Waals surface area contributed by atoms with Gasteiger partial charge in [-0.05, 0) is 154 Å². The van der Waals surface area contributed by atoms with Crippen LogP contribution in [0.2, 0.25) is 10.0 Å². The first kappa shape index (κ1) is 55.7. The van der Waals surface area contributed by atoms with Gasteiger partial charge in [-0.3, -0.25) is 18.7 Å². The van der Waals surface area contributed by atoms with E-state index in [0.29, 0.717) is 113 Å². The first-order valence-corrected chi connectivity index (χ1v) is 28.9. The maximum Gasteiger partial charge on any atom is 0.281 e. The van der Waals surface area contributed by atoms with Gasteiger partial charge in [0.25, 0.3) is 11.1 Å². The van der Waals surface area contributed by atoms with Crippen LogP contribution in [0.1, 0.15) is 124 Å². The largest absolute Gasteiger partial charge is 0.507 e. The SMILES string of the molecule is CCCOc1c2cc(C(C)(C)C)cc1Cc1cc(-n3c(-c4ccc(Cl)cc4)nc(=O)c4ccccc43)cc(c1O)Cc1cc(C(C)(C)C)cc(c1OCCC)Cc1cc(-n3c(-c4ccc(Cl)cc4)nc(=O)c4ccccc43)cc(c1O)C2. The van der Waals surface area contributed by atoms with E-state index in [1.807, 2.05) is 94.1 Å². The third-order valence-electron chi connectivity index (χ3n) is 15.5. The predicted octanol–water partition coefficient (Wildman–Crippen LogP) is 16.0. The van der Waals surface area contributed by atoms with Gasteiger partial charge in [0.15, 0.2) is 0 Å². The van der Waals surface area contributed by atoms with E-state index in [0.717, 1.165) is 46.2 Å². The predicted molar refractivity (Wildman–Crippen MR) is 332 cm³/mol. The van der Waals surface area contributed by atoms with Gasteiger partial charge in [0.05, 0.1) is 35.0 Å². The Bertz CT molecular complexity index is 3880. The number of aromatic nitrogens is 4. The number of hydrogen-bond acceptors (Lipinski definition) is 8. The molecule has 11 rings (SSSR count). The number of phenolic OH excluding ortho intramolecular Hbond substituents is 2. The summed E-state index contributed by atoms with van der Waals surface area (Å²) in [5, 5.41) is 28.2. The number of fused-ring (bicyclic) bond motifs is 10. The lowest BCUT2D eigenvalue weighted by atomic mass is 9.81. The van der Waals surface area contributed by atoms with Crippen molar-refractivity contribution < 1.29 is 19.7 Å². The van der Waals surface area contributed by atoms with Gasteiger partial charge in [-0.25, -0.2) is 0 Å². The van der Waals surface area contributed by atoms with Crippen molar-refractivity contribution in [2.24, 2.45) is 0 Å². The highest BCUT2D eigenvalue weighted by Gasteiger charge is 2.29. The molecule has 0 fully saturated rings. The molecule has 12 heteroatoms. The quantitative estimate of drug-likeness (QED) is 0.139. The van der Waals surface area contributed by atoms with Crippen molar-refractivity contribution in [3.63, 3.8) is 0 Å². The Balaban J connectivity index is 1.25. The fourth-order valence-corrected chi connectivity index (χ4v) is 11.5. The number of rotatable bonds is 10. The third kappa shape index (κ3) is 10.9. The molecule has 0 aliphatic heterocycles. The monoisotopic (exact) mass is 1130 g/mol. The molecular formula is C70H66Cl2N4O6. The van der Waals surface area contributed by atoms with Gasteiger partial charge in [0, 0.05) is 80.5 Å². The van der Waals surface area contributed by atoms with Crippen molar-refractivity contribution in [1.82, 2.24) is 19.1 Å². The van der Waals surface area contributed by atoms with Crippen LogP contribution in [0, 0.1) is 0 Å². The molecule has 1 aliphatic carbocycles. The minimum atomic E-state index is -0.361. The first-order valence-electron chi connectivity index (χ1n) is 28.1. The van der Waals surface area contributed by atoms with Crippen molar-refractivity contribution in [2.45, 2.75) is 105 Å². The molecule has 8 bridgehead atoms. The summed E-state index contributed by atoms with van der Waals surface area (Å²) in [6.45, 7) is 18.0. The van der Waals surface area contributed by atoms with E-state index >= 15 is 0 Å². The van der Waals surface area contributed by atoms with E-state index in [-0.39, 0.29) is 59.1 Å². The van der Waals surface area contributed by atoms with E-state index in [9.17, 15) is 19.8 Å². The lowest BCUT2D eigenvalue weighted by Crippen LogP contribution is -2.17. The summed E-state index contributed by atoms with van der Waals surface area (Å²) in [6.07, 6.45) is 2.43. The van der Waals surface area contributed by atoms with Gasteiger partial charge >= 0.3 is 0 Å². The third-order valence-corrected chi connectivity index (χ3v) is 16.0. The summed E-state index contributed by atoms with van der Waals surface area (Å²) in [5.74, 6) is 2.41. The van der Waals surface area contributed by atoms with Crippen LogP contribution in [0.3, 0.4) is 0 Å². The number of ether oxygens (including phenoxy) is 2. The summed E-state index contributed by atoms with van der Waals surface area (Å²) in [7, 11) is 0. The summed E-state index contributed by atoms with van der Waals surface area (Å²) >= 11 is 12.9. The van der Waals surface area contributed by atoms with Crippen LogP contribution >= 0.6 is 23.2 Å². The van der Waals surface area contributed by atoms with Gasteiger partial charge in [-0.1, -0.05) is 127 Å². The highest BCUT2D eigenvalue weighted by atomic mass is 35.5. The lowest BCUT2D eigenvalue weighted by molar-refractivity contribution is 0.311. The van der Waals surface area contributed by atoms with Gasteiger partial charge in [-0.15, -0.1) is 0 Å². The molecule has 0 unspecified atom stereocenters. The Morgan fingerprint density at radius 3 is 1.09 bits per heavy atom. The van der Waals surface area contributed by atoms with E-state index < -0.39 is 0 Å². The average molecular weight is 1130 g/mol. The van der Waals surface area contributed by atoms with E-state index in [1.165, 1.54) is 0 Å². The number of phenols is 2. The van der Waals surface area contributed by atoms with Crippen molar-refractivity contribution in [2.75, 3.05) is 13.2 Å². The molecule has 10 aromatic rings. The summed E-state index contributed by atoms with van der Waals surface area (Å²) < 4.78 is 17.9. The number of aromatic hydroxyl groups is 2. The van der Waals surface area contributed by atoms with E-state index in [2.05, 4.69) is 79.7 Å². The van der Waals surface area contributed by atoms with Crippen molar-refractivity contribution in [1.29, 1.82) is 0 Å². The second-order valence-corrected chi connectivity index (χ2v) is 24.4. The highest BCUT2D eigenvalue weighted by Crippen LogP contribution is 2.44. The van der Waals surface area contributed by atoms with Crippen LogP contribution in [0.25, 0.3) is 56.0 Å². The summed E-state index contributed by atoms with van der Waals surface area (Å²) in [4.78, 5) is 37.5. The number of para-hydroxylation sites is 2. The molecule has 1 aliphatic rings. The van der Waals surface area contributed by atoms with E-state index in [4.69, 9.17) is 42.6 Å². The number of nitrogens with zero attached hydrogens (tertiary/aromatic N) is 4. The van der Waals surface area contributed by atoms with Crippen molar-refractivity contribution in [3.05, 3.63) is 232 Å². The molecule has 0 radical (unpaired) electrons. The second kappa shape index (κ2) is 22.3. The van der Waals surface area contributed by atoms with Crippen molar-refractivity contribution in [3.8, 4) is 57.1 Å². The van der Waals surface area contributed by atoms with Crippen LogP contribution in [0.5, 0.6) is 23.0 Å². The van der Waals surface area contributed by atoms with Crippen LogP contribution in [-0.4, -0.2) is 42.5 Å². The van der Waals surface area contributed by atoms with Gasteiger partial charge in [-0.2, -0.15) is 9.97 Å². The molecule has 2 heterocycles. The number of halogens is 2.